The van der Waals surface area contributed by atoms with Crippen molar-refractivity contribution in [2.24, 2.45) is 5.41 Å². The SMILES string of the molecule is COC(=O)C1=C(NC(=O)C2CCC(N3CCNC3)NN2)CC(C)(C)CC1. The highest BCUT2D eigenvalue weighted by atomic mass is 16.5. The van der Waals surface area contributed by atoms with Gasteiger partial charge in [-0.3, -0.25) is 9.69 Å². The first-order valence-electron chi connectivity index (χ1n) is 9.47. The molecule has 3 rings (SSSR count). The molecule has 8 nitrogen and oxygen atoms in total. The molecule has 2 unspecified atom stereocenters. The van der Waals surface area contributed by atoms with Crippen molar-refractivity contribution in [2.75, 3.05) is 26.9 Å². The highest BCUT2D eigenvalue weighted by molar-refractivity contribution is 5.91. The summed E-state index contributed by atoms with van der Waals surface area (Å²) in [7, 11) is 1.38. The molecule has 2 saturated heterocycles. The number of carbonyl (C=O) groups is 2. The van der Waals surface area contributed by atoms with Gasteiger partial charge in [0.2, 0.25) is 5.91 Å². The largest absolute Gasteiger partial charge is 0.466 e. The molecule has 2 heterocycles. The molecule has 1 amide bonds. The van der Waals surface area contributed by atoms with Gasteiger partial charge in [-0.25, -0.2) is 15.6 Å². The van der Waals surface area contributed by atoms with E-state index in [-0.39, 0.29) is 29.5 Å². The highest BCUT2D eigenvalue weighted by Gasteiger charge is 2.34. The molecule has 146 valence electrons. The zero-order chi connectivity index (χ0) is 18.7. The molecule has 0 radical (unpaired) electrons. The van der Waals surface area contributed by atoms with Gasteiger partial charge in [-0.05, 0) is 37.5 Å². The quantitative estimate of drug-likeness (QED) is 0.528. The third-order valence-corrected chi connectivity index (χ3v) is 5.58. The Morgan fingerprint density at radius 3 is 2.69 bits per heavy atom. The van der Waals surface area contributed by atoms with E-state index in [1.165, 1.54) is 7.11 Å². The van der Waals surface area contributed by atoms with Crippen LogP contribution in [0.2, 0.25) is 0 Å². The van der Waals surface area contributed by atoms with E-state index in [9.17, 15) is 9.59 Å². The summed E-state index contributed by atoms with van der Waals surface area (Å²) in [6.07, 6.45) is 4.12. The van der Waals surface area contributed by atoms with Crippen LogP contribution < -0.4 is 21.5 Å². The van der Waals surface area contributed by atoms with E-state index in [0.717, 1.165) is 39.0 Å². The van der Waals surface area contributed by atoms with E-state index in [1.807, 2.05) is 0 Å². The fraction of sp³-hybridized carbons (Fsp3) is 0.778. The van der Waals surface area contributed by atoms with E-state index in [1.54, 1.807) is 0 Å². The van der Waals surface area contributed by atoms with Crippen molar-refractivity contribution in [2.45, 2.75) is 58.2 Å². The molecule has 2 aliphatic heterocycles. The predicted molar refractivity (Wildman–Crippen MR) is 97.5 cm³/mol. The Balaban J connectivity index is 1.60. The zero-order valence-corrected chi connectivity index (χ0v) is 16.0. The summed E-state index contributed by atoms with van der Waals surface area (Å²) in [5.74, 6) is -0.434. The van der Waals surface area contributed by atoms with Crippen LogP contribution in [0, 0.1) is 5.41 Å². The number of nitrogens with one attached hydrogen (secondary N) is 4. The lowest BCUT2D eigenvalue weighted by atomic mass is 9.76. The lowest BCUT2D eigenvalue weighted by Gasteiger charge is -2.36. The number of rotatable bonds is 4. The monoisotopic (exact) mass is 365 g/mol. The topological polar surface area (TPSA) is 94.7 Å². The van der Waals surface area contributed by atoms with Crippen LogP contribution >= 0.6 is 0 Å². The normalized spacial score (nSPS) is 29.5. The highest BCUT2D eigenvalue weighted by Crippen LogP contribution is 2.38. The maximum absolute atomic E-state index is 12.7. The molecule has 0 saturated carbocycles. The molecular weight excluding hydrogens is 334 g/mol. The van der Waals surface area contributed by atoms with Crippen molar-refractivity contribution in [1.29, 1.82) is 0 Å². The Morgan fingerprint density at radius 2 is 2.08 bits per heavy atom. The molecule has 0 aromatic rings. The molecule has 4 N–H and O–H groups in total. The molecule has 2 atom stereocenters. The lowest BCUT2D eigenvalue weighted by molar-refractivity contribution is -0.136. The predicted octanol–water partition coefficient (Wildman–Crippen LogP) is 0.185. The minimum atomic E-state index is -0.341. The van der Waals surface area contributed by atoms with E-state index in [4.69, 9.17) is 4.74 Å². The summed E-state index contributed by atoms with van der Waals surface area (Å²) in [6.45, 7) is 7.20. The van der Waals surface area contributed by atoms with Crippen molar-refractivity contribution in [3.8, 4) is 0 Å². The zero-order valence-electron chi connectivity index (χ0n) is 16.0. The average Bonchev–Trinajstić information content (AvgIpc) is 3.15. The van der Waals surface area contributed by atoms with Crippen LogP contribution in [0.3, 0.4) is 0 Å². The summed E-state index contributed by atoms with van der Waals surface area (Å²) in [5, 5.41) is 6.32. The number of hydrogen-bond acceptors (Lipinski definition) is 7. The van der Waals surface area contributed by atoms with Gasteiger partial charge in [0.25, 0.3) is 0 Å². The van der Waals surface area contributed by atoms with Crippen LogP contribution in [0.4, 0.5) is 0 Å². The van der Waals surface area contributed by atoms with Gasteiger partial charge in [0.1, 0.15) is 6.04 Å². The minimum absolute atomic E-state index is 0.0617. The standard InChI is InChI=1S/C18H31N5O3/c1-18(2)7-6-12(17(25)26-3)14(10-18)20-16(24)13-4-5-15(22-21-13)23-9-8-19-11-23/h13,15,19,21-22H,4-11H2,1-3H3,(H,20,24). The molecule has 8 heteroatoms. The van der Waals surface area contributed by atoms with Crippen LogP contribution in [0.1, 0.15) is 46.0 Å². The molecule has 3 aliphatic rings. The van der Waals surface area contributed by atoms with Crippen LogP contribution in [-0.4, -0.2) is 55.9 Å². The Morgan fingerprint density at radius 1 is 1.27 bits per heavy atom. The molecule has 0 spiro atoms. The van der Waals surface area contributed by atoms with Crippen LogP contribution in [-0.2, 0) is 14.3 Å². The van der Waals surface area contributed by atoms with Gasteiger partial charge >= 0.3 is 5.97 Å². The number of carbonyl (C=O) groups excluding carboxylic acids is 2. The van der Waals surface area contributed by atoms with Crippen LogP contribution in [0.5, 0.6) is 0 Å². The first kappa shape index (κ1) is 19.3. The van der Waals surface area contributed by atoms with Crippen LogP contribution in [0.15, 0.2) is 11.3 Å². The number of allylic oxidation sites excluding steroid dienone is 1. The Hall–Kier alpha value is -1.48. The molecule has 1 aliphatic carbocycles. The minimum Gasteiger partial charge on any atom is -0.466 e. The third kappa shape index (κ3) is 4.43. The smallest absolute Gasteiger partial charge is 0.335 e. The third-order valence-electron chi connectivity index (χ3n) is 5.58. The fourth-order valence-electron chi connectivity index (χ4n) is 3.92. The van der Waals surface area contributed by atoms with Gasteiger partial charge in [-0.15, -0.1) is 0 Å². The van der Waals surface area contributed by atoms with E-state index in [0.29, 0.717) is 24.1 Å². The first-order valence-corrected chi connectivity index (χ1v) is 9.47. The number of hydrazine groups is 1. The summed E-state index contributed by atoms with van der Waals surface area (Å²) in [6, 6.07) is -0.307. The second kappa shape index (κ2) is 8.04. The number of hydrogen-bond donors (Lipinski definition) is 4. The second-order valence-corrected chi connectivity index (χ2v) is 8.18. The van der Waals surface area contributed by atoms with Crippen molar-refractivity contribution in [1.82, 2.24) is 26.4 Å². The number of methoxy groups -OCH3 is 1. The van der Waals surface area contributed by atoms with Crippen molar-refractivity contribution in [3.05, 3.63) is 11.3 Å². The lowest BCUT2D eigenvalue weighted by Crippen LogP contribution is -2.61. The van der Waals surface area contributed by atoms with E-state index in [2.05, 4.69) is 40.2 Å². The molecule has 26 heavy (non-hydrogen) atoms. The Labute approximate surface area is 155 Å². The molecule has 0 aromatic heterocycles. The van der Waals surface area contributed by atoms with Crippen molar-refractivity contribution >= 4 is 11.9 Å². The first-order chi connectivity index (χ1) is 12.4. The van der Waals surface area contributed by atoms with E-state index >= 15 is 0 Å². The summed E-state index contributed by atoms with van der Waals surface area (Å²) in [5.41, 5.74) is 7.78. The number of esters is 1. The average molecular weight is 365 g/mol. The van der Waals surface area contributed by atoms with Gasteiger partial charge in [0.15, 0.2) is 0 Å². The van der Waals surface area contributed by atoms with Gasteiger partial charge in [0.05, 0.1) is 18.8 Å². The Kier molecular flexibility index (Phi) is 5.96. The van der Waals surface area contributed by atoms with Crippen molar-refractivity contribution in [3.63, 3.8) is 0 Å². The van der Waals surface area contributed by atoms with Gasteiger partial charge in [-0.2, -0.15) is 0 Å². The van der Waals surface area contributed by atoms with E-state index < -0.39 is 0 Å². The summed E-state index contributed by atoms with van der Waals surface area (Å²) >= 11 is 0. The van der Waals surface area contributed by atoms with Crippen LogP contribution in [0.25, 0.3) is 0 Å². The number of amides is 1. The summed E-state index contributed by atoms with van der Waals surface area (Å²) < 4.78 is 4.90. The number of ether oxygens (including phenoxy) is 1. The van der Waals surface area contributed by atoms with Gasteiger partial charge in [-0.1, -0.05) is 13.8 Å². The molecule has 2 fully saturated rings. The van der Waals surface area contributed by atoms with Gasteiger partial charge in [0, 0.05) is 25.5 Å². The van der Waals surface area contributed by atoms with Crippen molar-refractivity contribution < 1.29 is 14.3 Å². The maximum atomic E-state index is 12.7. The molecular formula is C18H31N5O3. The fourth-order valence-corrected chi connectivity index (χ4v) is 3.92. The Bertz CT molecular complexity index is 575. The maximum Gasteiger partial charge on any atom is 0.335 e. The number of nitrogens with zero attached hydrogens (tertiary/aromatic N) is 1. The summed E-state index contributed by atoms with van der Waals surface area (Å²) in [4.78, 5) is 27.1. The van der Waals surface area contributed by atoms with Gasteiger partial charge < -0.3 is 15.4 Å². The second-order valence-electron chi connectivity index (χ2n) is 8.18. The molecule has 0 bridgehead atoms. The molecule has 0 aromatic carbocycles.